The van der Waals surface area contributed by atoms with Crippen molar-refractivity contribution in [3.05, 3.63) is 17.1 Å². The van der Waals surface area contributed by atoms with E-state index in [2.05, 4.69) is 25.8 Å². The van der Waals surface area contributed by atoms with Gasteiger partial charge in [0.2, 0.25) is 17.5 Å². The van der Waals surface area contributed by atoms with Gasteiger partial charge in [-0.2, -0.15) is 0 Å². The van der Waals surface area contributed by atoms with Crippen LogP contribution in [0.1, 0.15) is 5.69 Å². The van der Waals surface area contributed by atoms with Gasteiger partial charge in [-0.05, 0) is 11.8 Å². The van der Waals surface area contributed by atoms with Crippen LogP contribution in [0, 0.1) is 5.41 Å². The molecule has 2 aromatic rings. The van der Waals surface area contributed by atoms with Crippen LogP contribution in [0.4, 0.5) is 16.8 Å². The monoisotopic (exact) mass is 568 g/mol. The fourth-order valence-corrected chi connectivity index (χ4v) is 7.14. The first-order chi connectivity index (χ1) is 17.6. The largest absolute Gasteiger partial charge is 0.549 e. The Morgan fingerprint density at radius 1 is 1.43 bits per heavy atom. The zero-order valence-electron chi connectivity index (χ0n) is 19.7. The molecule has 2 fully saturated rings. The van der Waals surface area contributed by atoms with Crippen LogP contribution in [0.15, 0.2) is 21.8 Å². The number of amides is 2. The van der Waals surface area contributed by atoms with E-state index in [1.807, 2.05) is 0 Å². The summed E-state index contributed by atoms with van der Waals surface area (Å²) in [6, 6.07) is 0.668. The van der Waals surface area contributed by atoms with E-state index >= 15 is 0 Å². The number of nitrogen functional groups attached to an aromatic ring is 3. The van der Waals surface area contributed by atoms with E-state index in [0.717, 1.165) is 23.1 Å². The molecule has 8 N–H and O–H groups in total. The van der Waals surface area contributed by atoms with E-state index in [9.17, 15) is 19.5 Å². The Bertz CT molecular complexity index is 1270. The summed E-state index contributed by atoms with van der Waals surface area (Å²) < 4.78 is 1.26. The van der Waals surface area contributed by atoms with Crippen LogP contribution in [0.25, 0.3) is 0 Å². The summed E-state index contributed by atoms with van der Waals surface area (Å²) in [6.07, 6.45) is 0. The second kappa shape index (κ2) is 10.5. The maximum atomic E-state index is 12.9. The third-order valence-electron chi connectivity index (χ3n) is 5.74. The number of hydrogen-bond acceptors (Lipinski definition) is 15. The molecule has 18 heteroatoms. The van der Waals surface area contributed by atoms with Crippen molar-refractivity contribution in [2.45, 2.75) is 16.6 Å². The molecule has 2 aliphatic heterocycles. The molecule has 2 aromatic heterocycles. The van der Waals surface area contributed by atoms with E-state index < -0.39 is 34.6 Å². The molecule has 2 unspecified atom stereocenters. The standard InChI is InChI=1S/C19H24N10O5S3/c1-23-10-3-9(20)25-18(29(10)22)37-7-19(16(32)33)5-28-14(31)12(15(28)36-6-19)26-13(30)11(27-34-2)8-4-35-17(21)24-8/h3-4,12,15H,5-7,22H2,1-2H3,(H6,20,21,23,24,26,30,32,33)/t12?,15-,19?/m1/s1. The SMILES string of the molecule is CNc1cc(N)nc(SCC2(C(=O)[O-])CS[C@@H]3C(NC(=O)C(=NOC)c4csc(N)n4)C(=O)N3C2)[n+]1N. The van der Waals surface area contributed by atoms with Crippen molar-refractivity contribution >= 4 is 75.1 Å². The van der Waals surface area contributed by atoms with Gasteiger partial charge in [0.25, 0.3) is 5.91 Å². The number of carboxylic acids is 1. The summed E-state index contributed by atoms with van der Waals surface area (Å²) in [5.74, 6) is 4.52. The fraction of sp³-hybridized carbons (Fsp3) is 0.421. The highest BCUT2D eigenvalue weighted by Gasteiger charge is 2.56. The van der Waals surface area contributed by atoms with E-state index in [1.54, 1.807) is 18.5 Å². The van der Waals surface area contributed by atoms with Crippen LogP contribution >= 0.6 is 34.9 Å². The van der Waals surface area contributed by atoms with Gasteiger partial charge in [-0.15, -0.1) is 27.8 Å². The predicted octanol–water partition coefficient (Wildman–Crippen LogP) is -2.98. The number of aromatic nitrogens is 3. The maximum Gasteiger partial charge on any atom is 0.322 e. The Morgan fingerprint density at radius 2 is 2.19 bits per heavy atom. The van der Waals surface area contributed by atoms with Crippen LogP contribution in [-0.4, -0.2) is 82.0 Å². The Kier molecular flexibility index (Phi) is 7.51. The highest BCUT2D eigenvalue weighted by atomic mass is 32.2. The number of nitrogens with two attached hydrogens (primary N) is 3. The Hall–Kier alpha value is -3.51. The molecular weight excluding hydrogens is 544 g/mol. The Morgan fingerprint density at radius 3 is 2.81 bits per heavy atom. The average molecular weight is 569 g/mol. The van der Waals surface area contributed by atoms with Crippen LogP contribution in [-0.2, 0) is 19.2 Å². The summed E-state index contributed by atoms with van der Waals surface area (Å²) in [5.41, 5.74) is 10.2. The van der Waals surface area contributed by atoms with E-state index in [-0.39, 0.29) is 40.4 Å². The number of carbonyl (C=O) groups is 3. The number of nitrogens with one attached hydrogen (secondary N) is 2. The quantitative estimate of drug-likeness (QED) is 0.0387. The van der Waals surface area contributed by atoms with Gasteiger partial charge in [-0.3, -0.25) is 15.4 Å². The fourth-order valence-electron chi connectivity index (χ4n) is 3.81. The van der Waals surface area contributed by atoms with Crippen molar-refractivity contribution in [3.8, 4) is 0 Å². The number of thioether (sulfide) groups is 2. The molecule has 4 rings (SSSR count). The van der Waals surface area contributed by atoms with Gasteiger partial charge in [0.1, 0.15) is 24.2 Å². The number of anilines is 3. The van der Waals surface area contributed by atoms with Gasteiger partial charge in [0.15, 0.2) is 10.8 Å². The van der Waals surface area contributed by atoms with Crippen molar-refractivity contribution in [3.63, 3.8) is 0 Å². The molecule has 0 aromatic carbocycles. The smallest absolute Gasteiger partial charge is 0.322 e. The molecule has 2 aliphatic rings. The van der Waals surface area contributed by atoms with Crippen LogP contribution in [0.2, 0.25) is 0 Å². The van der Waals surface area contributed by atoms with Gasteiger partial charge < -0.3 is 41.7 Å². The molecule has 0 saturated carbocycles. The number of hydrogen-bond donors (Lipinski definition) is 5. The first-order valence-electron chi connectivity index (χ1n) is 10.7. The summed E-state index contributed by atoms with van der Waals surface area (Å²) >= 11 is 3.45. The van der Waals surface area contributed by atoms with E-state index in [1.165, 1.54) is 28.4 Å². The summed E-state index contributed by atoms with van der Waals surface area (Å²) in [5, 5.41) is 23.1. The topological polar surface area (TPSA) is 231 Å². The lowest BCUT2D eigenvalue weighted by Gasteiger charge is -2.55. The predicted molar refractivity (Wildman–Crippen MR) is 137 cm³/mol. The number of rotatable bonds is 9. The summed E-state index contributed by atoms with van der Waals surface area (Å²) in [6.45, 7) is -0.0986. The second-order valence-electron chi connectivity index (χ2n) is 8.14. The van der Waals surface area contributed by atoms with Crippen LogP contribution in [0.3, 0.4) is 0 Å². The third kappa shape index (κ3) is 5.03. The van der Waals surface area contributed by atoms with Crippen LogP contribution in [0.5, 0.6) is 0 Å². The van der Waals surface area contributed by atoms with E-state index in [4.69, 9.17) is 22.1 Å². The minimum Gasteiger partial charge on any atom is -0.549 e. The van der Waals surface area contributed by atoms with Crippen LogP contribution < -0.4 is 37.7 Å². The van der Waals surface area contributed by atoms with Gasteiger partial charge >= 0.3 is 5.16 Å². The molecular formula is C19H24N10O5S3. The zero-order valence-corrected chi connectivity index (χ0v) is 22.1. The van der Waals surface area contributed by atoms with E-state index in [0.29, 0.717) is 11.0 Å². The number of fused-ring (bicyclic) bond motifs is 1. The van der Waals surface area contributed by atoms with Crippen molar-refractivity contribution in [1.29, 1.82) is 0 Å². The maximum absolute atomic E-state index is 12.9. The molecule has 0 radical (unpaired) electrons. The van der Waals surface area contributed by atoms with Gasteiger partial charge in [0, 0.05) is 35.9 Å². The first-order valence-corrected chi connectivity index (χ1v) is 13.6. The molecule has 0 aliphatic carbocycles. The van der Waals surface area contributed by atoms with Crippen molar-refractivity contribution in [1.82, 2.24) is 20.2 Å². The Labute approximate surface area is 223 Å². The number of nitrogens with zero attached hydrogens (tertiary/aromatic N) is 5. The number of aliphatic carboxylic acids is 1. The number of carbonyl (C=O) groups excluding carboxylic acids is 3. The number of thiazole rings is 1. The minimum atomic E-state index is -1.38. The molecule has 37 heavy (non-hydrogen) atoms. The normalized spacial score (nSPS) is 23.1. The lowest BCUT2D eigenvalue weighted by Crippen LogP contribution is -2.75. The summed E-state index contributed by atoms with van der Waals surface area (Å²) in [7, 11) is 2.94. The van der Waals surface area contributed by atoms with Crippen molar-refractivity contribution in [2.24, 2.45) is 10.6 Å². The van der Waals surface area contributed by atoms with Gasteiger partial charge in [0.05, 0.1) is 12.0 Å². The molecule has 198 valence electrons. The number of carboxylic acid groups (broad SMARTS) is 1. The number of oxime groups is 1. The highest BCUT2D eigenvalue weighted by Crippen LogP contribution is 2.43. The lowest BCUT2D eigenvalue weighted by molar-refractivity contribution is -0.667. The zero-order chi connectivity index (χ0) is 26.9. The molecule has 3 atom stereocenters. The average Bonchev–Trinajstić information content (AvgIpc) is 3.31. The molecule has 4 heterocycles. The van der Waals surface area contributed by atoms with Crippen molar-refractivity contribution < 1.29 is 29.0 Å². The summed E-state index contributed by atoms with van der Waals surface area (Å²) in [4.78, 5) is 52.4. The Balaban J connectivity index is 1.45. The minimum absolute atomic E-state index is 0.0303. The highest BCUT2D eigenvalue weighted by molar-refractivity contribution is 8.00. The third-order valence-corrected chi connectivity index (χ3v) is 9.24. The van der Waals surface area contributed by atoms with Gasteiger partial charge in [-0.1, -0.05) is 10.1 Å². The first kappa shape index (κ1) is 26.6. The van der Waals surface area contributed by atoms with Crippen molar-refractivity contribution in [2.75, 3.05) is 54.8 Å². The molecule has 0 spiro atoms. The molecule has 2 saturated heterocycles. The second-order valence-corrected chi connectivity index (χ2v) is 11.1. The van der Waals surface area contributed by atoms with Gasteiger partial charge in [-0.25, -0.2) is 4.98 Å². The molecule has 2 amide bonds. The number of β-lactam (4-membered cyclic amide) rings is 1. The molecule has 0 bridgehead atoms. The lowest BCUT2D eigenvalue weighted by atomic mass is 9.89. The molecule has 15 nitrogen and oxygen atoms in total.